The zero-order chi connectivity index (χ0) is 17.0. The lowest BCUT2D eigenvalue weighted by atomic mass is 9.90. The Labute approximate surface area is 133 Å². The van der Waals surface area contributed by atoms with Crippen LogP contribution in [0, 0.1) is 24.2 Å². The maximum atomic E-state index is 12.4. The summed E-state index contributed by atoms with van der Waals surface area (Å²) in [5.41, 5.74) is 0.999. The molecule has 126 valence electrons. The molecule has 23 heavy (non-hydrogen) atoms. The van der Waals surface area contributed by atoms with Gasteiger partial charge in [0.1, 0.15) is 11.8 Å². The van der Waals surface area contributed by atoms with Crippen LogP contribution in [0.1, 0.15) is 31.2 Å². The second-order valence-electron chi connectivity index (χ2n) is 5.99. The summed E-state index contributed by atoms with van der Waals surface area (Å²) in [7, 11) is 0. The molecule has 0 aromatic carbocycles. The van der Waals surface area contributed by atoms with E-state index >= 15 is 0 Å². The summed E-state index contributed by atoms with van der Waals surface area (Å²) in [6.45, 7) is 3.80. The van der Waals surface area contributed by atoms with Crippen molar-refractivity contribution < 1.29 is 13.2 Å². The fourth-order valence-corrected chi connectivity index (χ4v) is 2.88. The molecule has 0 aliphatic carbocycles. The maximum Gasteiger partial charge on any atom is 0.401 e. The van der Waals surface area contributed by atoms with Crippen molar-refractivity contribution in [1.82, 2.24) is 14.9 Å². The second-order valence-corrected chi connectivity index (χ2v) is 5.99. The van der Waals surface area contributed by atoms with E-state index in [2.05, 4.69) is 15.3 Å². The molecule has 1 N–H and O–H groups in total. The van der Waals surface area contributed by atoms with Gasteiger partial charge >= 0.3 is 6.18 Å². The van der Waals surface area contributed by atoms with Gasteiger partial charge in [0.15, 0.2) is 0 Å². The van der Waals surface area contributed by atoms with Crippen LogP contribution in [0.2, 0.25) is 0 Å². The molecule has 0 amide bonds. The number of likely N-dealkylation sites (tertiary alicyclic amines) is 1. The Kier molecular flexibility index (Phi) is 5.42. The van der Waals surface area contributed by atoms with E-state index in [-0.39, 0.29) is 12.0 Å². The third kappa shape index (κ3) is 5.36. The average Bonchev–Trinajstić information content (AvgIpc) is 2.45. The van der Waals surface area contributed by atoms with E-state index in [4.69, 9.17) is 5.26 Å². The highest BCUT2D eigenvalue weighted by Gasteiger charge is 2.33. The summed E-state index contributed by atoms with van der Waals surface area (Å²) in [6, 6.07) is 3.63. The molecule has 2 rings (SSSR count). The van der Waals surface area contributed by atoms with E-state index in [1.54, 1.807) is 13.0 Å². The molecule has 8 heteroatoms. The highest BCUT2D eigenvalue weighted by atomic mass is 19.4. The van der Waals surface area contributed by atoms with Crippen molar-refractivity contribution in [2.24, 2.45) is 5.92 Å². The predicted octanol–water partition coefficient (Wildman–Crippen LogP) is 2.73. The highest BCUT2D eigenvalue weighted by Crippen LogP contribution is 2.25. The van der Waals surface area contributed by atoms with Crippen LogP contribution in [0.4, 0.5) is 19.1 Å². The predicted molar refractivity (Wildman–Crippen MR) is 79.8 cm³/mol. The minimum Gasteiger partial charge on any atom is -0.351 e. The Morgan fingerprint density at radius 3 is 2.61 bits per heavy atom. The molecule has 2 heterocycles. The summed E-state index contributed by atoms with van der Waals surface area (Å²) >= 11 is 0. The first-order valence-electron chi connectivity index (χ1n) is 7.58. The number of alkyl halides is 3. The molecule has 1 aliphatic heterocycles. The summed E-state index contributed by atoms with van der Waals surface area (Å²) in [4.78, 5) is 9.80. The van der Waals surface area contributed by atoms with Gasteiger partial charge in [0.05, 0.1) is 6.54 Å². The molecule has 1 aliphatic rings. The SMILES string of the molecule is Cc1cc(C#N)nc(NC(C)C2CCN(CC(F)(F)F)CC2)n1. The summed E-state index contributed by atoms with van der Waals surface area (Å²) in [5.74, 6) is 0.654. The Morgan fingerprint density at radius 1 is 1.39 bits per heavy atom. The van der Waals surface area contributed by atoms with Crippen LogP contribution in [-0.4, -0.2) is 46.7 Å². The molecule has 1 aromatic rings. The molecule has 1 atom stereocenters. The van der Waals surface area contributed by atoms with Gasteiger partial charge in [-0.05, 0) is 51.8 Å². The van der Waals surface area contributed by atoms with Gasteiger partial charge in [-0.2, -0.15) is 18.4 Å². The first-order valence-corrected chi connectivity index (χ1v) is 7.58. The smallest absolute Gasteiger partial charge is 0.351 e. The normalized spacial score (nSPS) is 18.4. The van der Waals surface area contributed by atoms with E-state index in [1.165, 1.54) is 4.90 Å². The van der Waals surface area contributed by atoms with Gasteiger partial charge in [-0.1, -0.05) is 0 Å². The number of halogens is 3. The number of hydrogen-bond acceptors (Lipinski definition) is 5. The Morgan fingerprint density at radius 2 is 2.04 bits per heavy atom. The van der Waals surface area contributed by atoms with Crippen LogP contribution in [0.15, 0.2) is 6.07 Å². The molecule has 5 nitrogen and oxygen atoms in total. The minimum absolute atomic E-state index is 0.0383. The van der Waals surface area contributed by atoms with Gasteiger partial charge in [-0.15, -0.1) is 0 Å². The van der Waals surface area contributed by atoms with Crippen molar-refractivity contribution in [2.45, 2.75) is 38.9 Å². The molecule has 0 spiro atoms. The van der Waals surface area contributed by atoms with Crippen LogP contribution >= 0.6 is 0 Å². The van der Waals surface area contributed by atoms with Crippen LogP contribution < -0.4 is 5.32 Å². The minimum atomic E-state index is -4.14. The number of nitriles is 1. The number of hydrogen-bond donors (Lipinski definition) is 1. The van der Waals surface area contributed by atoms with Gasteiger partial charge in [-0.25, -0.2) is 9.97 Å². The number of anilines is 1. The summed E-state index contributed by atoms with van der Waals surface area (Å²) in [6.07, 6.45) is -2.75. The van der Waals surface area contributed by atoms with E-state index in [9.17, 15) is 13.2 Å². The number of aromatic nitrogens is 2. The molecule has 1 aromatic heterocycles. The standard InChI is InChI=1S/C15H20F3N5/c1-10-7-13(8-19)22-14(20-10)21-11(2)12-3-5-23(6-4-12)9-15(16,17)18/h7,11-12H,3-6,9H2,1-2H3,(H,20,21,22). The first-order chi connectivity index (χ1) is 10.8. The van der Waals surface area contributed by atoms with Gasteiger partial charge in [-0.3, -0.25) is 4.90 Å². The Balaban J connectivity index is 1.89. The van der Waals surface area contributed by atoms with Crippen LogP contribution in [-0.2, 0) is 0 Å². The zero-order valence-corrected chi connectivity index (χ0v) is 13.2. The molecule has 0 saturated carbocycles. The lowest BCUT2D eigenvalue weighted by molar-refractivity contribution is -0.148. The molecule has 0 radical (unpaired) electrons. The van der Waals surface area contributed by atoms with Gasteiger partial charge in [0.25, 0.3) is 0 Å². The van der Waals surface area contributed by atoms with E-state index in [0.717, 1.165) is 0 Å². The fraction of sp³-hybridized carbons (Fsp3) is 0.667. The lowest BCUT2D eigenvalue weighted by Crippen LogP contribution is -2.43. The van der Waals surface area contributed by atoms with Crippen molar-refractivity contribution in [3.05, 3.63) is 17.5 Å². The fourth-order valence-electron chi connectivity index (χ4n) is 2.88. The maximum absolute atomic E-state index is 12.4. The third-order valence-electron chi connectivity index (χ3n) is 4.07. The second kappa shape index (κ2) is 7.13. The van der Waals surface area contributed by atoms with Crippen LogP contribution in [0.25, 0.3) is 0 Å². The monoisotopic (exact) mass is 327 g/mol. The van der Waals surface area contributed by atoms with Crippen molar-refractivity contribution in [3.63, 3.8) is 0 Å². The highest BCUT2D eigenvalue weighted by molar-refractivity contribution is 5.33. The lowest BCUT2D eigenvalue weighted by Gasteiger charge is -2.35. The molecule has 0 bridgehead atoms. The number of rotatable bonds is 4. The molecule has 1 unspecified atom stereocenters. The summed E-state index contributed by atoms with van der Waals surface area (Å²) in [5, 5.41) is 12.1. The number of piperidine rings is 1. The molecular formula is C15H20F3N5. The van der Waals surface area contributed by atoms with Crippen molar-refractivity contribution in [2.75, 3.05) is 25.0 Å². The van der Waals surface area contributed by atoms with Crippen molar-refractivity contribution in [3.8, 4) is 6.07 Å². The quantitative estimate of drug-likeness (QED) is 0.921. The van der Waals surface area contributed by atoms with Gasteiger partial charge < -0.3 is 5.32 Å². The largest absolute Gasteiger partial charge is 0.401 e. The number of nitrogens with zero attached hydrogens (tertiary/aromatic N) is 4. The first kappa shape index (κ1) is 17.5. The number of nitrogens with one attached hydrogen (secondary N) is 1. The van der Waals surface area contributed by atoms with E-state index < -0.39 is 12.7 Å². The van der Waals surface area contributed by atoms with Gasteiger partial charge in [0, 0.05) is 11.7 Å². The van der Waals surface area contributed by atoms with E-state index in [1.807, 2.05) is 13.0 Å². The molecule has 1 fully saturated rings. The van der Waals surface area contributed by atoms with Crippen molar-refractivity contribution in [1.29, 1.82) is 5.26 Å². The third-order valence-corrected chi connectivity index (χ3v) is 4.07. The average molecular weight is 327 g/mol. The van der Waals surface area contributed by atoms with Crippen molar-refractivity contribution >= 4 is 5.95 Å². The summed E-state index contributed by atoms with van der Waals surface area (Å²) < 4.78 is 37.2. The Bertz CT molecular complexity index is 573. The molecule has 1 saturated heterocycles. The van der Waals surface area contributed by atoms with Gasteiger partial charge in [0.2, 0.25) is 5.95 Å². The Hall–Kier alpha value is -1.88. The number of aryl methyl sites for hydroxylation is 1. The van der Waals surface area contributed by atoms with Crippen LogP contribution in [0.5, 0.6) is 0 Å². The van der Waals surface area contributed by atoms with E-state index in [0.29, 0.717) is 43.3 Å². The topological polar surface area (TPSA) is 64.8 Å². The zero-order valence-electron chi connectivity index (χ0n) is 13.2. The van der Waals surface area contributed by atoms with Crippen LogP contribution in [0.3, 0.4) is 0 Å². The molecular weight excluding hydrogens is 307 g/mol.